The van der Waals surface area contributed by atoms with Gasteiger partial charge in [0.1, 0.15) is 23.5 Å². The molecule has 1 aromatic rings. The maximum Gasteiger partial charge on any atom is 0.327 e. The van der Waals surface area contributed by atoms with Gasteiger partial charge in [-0.3, -0.25) is 14.4 Å². The number of benzene rings is 1. The van der Waals surface area contributed by atoms with Gasteiger partial charge in [0.05, 0.1) is 0 Å². The summed E-state index contributed by atoms with van der Waals surface area (Å²) in [6.07, 6.45) is 0. The normalized spacial score (nSPS) is 25.5. The highest BCUT2D eigenvalue weighted by atomic mass is 32.2. The first kappa shape index (κ1) is 21.7. The molecular formula is C18H23N3O6S. The quantitative estimate of drug-likeness (QED) is 0.522. The van der Waals surface area contributed by atoms with Gasteiger partial charge >= 0.3 is 5.97 Å². The van der Waals surface area contributed by atoms with Crippen LogP contribution in [0.4, 0.5) is 0 Å². The summed E-state index contributed by atoms with van der Waals surface area (Å²) in [4.78, 5) is 46.5. The van der Waals surface area contributed by atoms with Crippen molar-refractivity contribution < 1.29 is 29.4 Å². The molecule has 2 aliphatic heterocycles. The molecule has 2 aliphatic rings. The summed E-state index contributed by atoms with van der Waals surface area (Å²) in [5, 5.41) is 19.1. The molecule has 0 aliphatic carbocycles. The Bertz CT molecular complexity index is 781. The van der Waals surface area contributed by atoms with Crippen LogP contribution in [-0.2, 0) is 19.2 Å². The standard InChI is InChI=1S/C16H19N3O4S.C2H4O2/c1-16(2)11(15(22)23)19-13(21)10(14(19)24-16)18-12(20)9(17)8-6-4-3-5-7-8;1-2(3)4/h3-7,9-11,14H,17H2,1-2H3,(H,18,20)(H,22,23);1H3,(H,3,4)/t9?,10-,11+,14-;/m1./s1. The number of carboxylic acid groups (broad SMARTS) is 2. The second-order valence-electron chi connectivity index (χ2n) is 6.99. The van der Waals surface area contributed by atoms with Crippen LogP contribution in [0.2, 0.25) is 0 Å². The summed E-state index contributed by atoms with van der Waals surface area (Å²) in [6.45, 7) is 4.66. The first-order chi connectivity index (χ1) is 13.0. The van der Waals surface area contributed by atoms with E-state index in [1.54, 1.807) is 38.1 Å². The van der Waals surface area contributed by atoms with Gasteiger partial charge in [-0.2, -0.15) is 0 Å². The lowest BCUT2D eigenvalue weighted by Gasteiger charge is -2.43. The molecule has 2 heterocycles. The molecule has 5 N–H and O–H groups in total. The van der Waals surface area contributed by atoms with Crippen LogP contribution in [-0.4, -0.2) is 61.1 Å². The average molecular weight is 409 g/mol. The number of carbonyl (C=O) groups excluding carboxylic acids is 2. The summed E-state index contributed by atoms with van der Waals surface area (Å²) in [6, 6.07) is 6.38. The van der Waals surface area contributed by atoms with Gasteiger partial charge in [0, 0.05) is 11.7 Å². The zero-order valence-electron chi connectivity index (χ0n) is 15.7. The zero-order chi connectivity index (χ0) is 21.2. The van der Waals surface area contributed by atoms with E-state index in [0.29, 0.717) is 5.56 Å². The van der Waals surface area contributed by atoms with Crippen LogP contribution < -0.4 is 11.1 Å². The molecule has 1 unspecified atom stereocenters. The fraction of sp³-hybridized carbons (Fsp3) is 0.444. The summed E-state index contributed by atoms with van der Waals surface area (Å²) in [5.41, 5.74) is 6.59. The number of amides is 2. The number of β-lactam (4-membered cyclic amide) rings is 1. The Kier molecular flexibility index (Phi) is 6.35. The molecule has 1 aromatic carbocycles. The second-order valence-corrected chi connectivity index (χ2v) is 8.76. The maximum absolute atomic E-state index is 12.3. The first-order valence-electron chi connectivity index (χ1n) is 8.50. The molecule has 0 spiro atoms. The van der Waals surface area contributed by atoms with E-state index in [1.807, 2.05) is 6.07 Å². The van der Waals surface area contributed by atoms with Crippen LogP contribution in [0.5, 0.6) is 0 Å². The van der Waals surface area contributed by atoms with Crippen molar-refractivity contribution in [2.24, 2.45) is 5.73 Å². The third kappa shape index (κ3) is 4.28. The number of thioether (sulfide) groups is 1. The summed E-state index contributed by atoms with van der Waals surface area (Å²) < 4.78 is -0.618. The number of aliphatic carboxylic acids is 2. The van der Waals surface area contributed by atoms with Gasteiger partial charge in [-0.1, -0.05) is 30.3 Å². The lowest BCUT2D eigenvalue weighted by Crippen LogP contribution is -2.71. The van der Waals surface area contributed by atoms with Crippen molar-refractivity contribution in [2.75, 3.05) is 0 Å². The molecule has 2 amide bonds. The Hall–Kier alpha value is -2.59. The van der Waals surface area contributed by atoms with E-state index in [9.17, 15) is 19.5 Å². The lowest BCUT2D eigenvalue weighted by atomic mass is 9.95. The molecule has 2 saturated heterocycles. The molecule has 0 aromatic heterocycles. The maximum atomic E-state index is 12.3. The van der Waals surface area contributed by atoms with Gasteiger partial charge < -0.3 is 26.2 Å². The van der Waals surface area contributed by atoms with Gasteiger partial charge in [-0.15, -0.1) is 11.8 Å². The van der Waals surface area contributed by atoms with Crippen molar-refractivity contribution in [1.29, 1.82) is 0 Å². The first-order valence-corrected chi connectivity index (χ1v) is 9.38. The number of nitrogens with two attached hydrogens (primary N) is 1. The second kappa shape index (κ2) is 8.19. The minimum atomic E-state index is -1.03. The monoisotopic (exact) mass is 409 g/mol. The average Bonchev–Trinajstić information content (AvgIpc) is 2.87. The molecule has 2 fully saturated rings. The Morgan fingerprint density at radius 2 is 1.75 bits per heavy atom. The van der Waals surface area contributed by atoms with Gasteiger partial charge in [0.25, 0.3) is 5.97 Å². The lowest BCUT2D eigenvalue weighted by molar-refractivity contribution is -0.161. The molecule has 10 heteroatoms. The van der Waals surface area contributed by atoms with Crippen LogP contribution in [0.15, 0.2) is 30.3 Å². The Morgan fingerprint density at radius 1 is 1.21 bits per heavy atom. The van der Waals surface area contributed by atoms with E-state index in [1.165, 1.54) is 16.7 Å². The number of hydrogen-bond donors (Lipinski definition) is 4. The van der Waals surface area contributed by atoms with Crippen molar-refractivity contribution >= 4 is 35.5 Å². The summed E-state index contributed by atoms with van der Waals surface area (Å²) >= 11 is 1.38. The van der Waals surface area contributed by atoms with E-state index in [0.717, 1.165) is 6.92 Å². The molecule has 3 rings (SSSR count). The molecule has 9 nitrogen and oxygen atoms in total. The third-order valence-electron chi connectivity index (χ3n) is 4.41. The molecule has 0 saturated carbocycles. The molecule has 0 radical (unpaired) electrons. The third-order valence-corrected chi connectivity index (χ3v) is 5.99. The Labute approximate surface area is 166 Å². The van der Waals surface area contributed by atoms with E-state index in [-0.39, 0.29) is 11.3 Å². The fourth-order valence-corrected chi connectivity index (χ4v) is 4.83. The number of fused-ring (bicyclic) bond motifs is 1. The van der Waals surface area contributed by atoms with Crippen molar-refractivity contribution in [3.63, 3.8) is 0 Å². The predicted octanol–water partition coefficient (Wildman–Crippen LogP) is 0.409. The number of hydrogen-bond acceptors (Lipinski definition) is 6. The summed E-state index contributed by atoms with van der Waals surface area (Å²) in [5.74, 6) is -2.69. The topological polar surface area (TPSA) is 150 Å². The van der Waals surface area contributed by atoms with E-state index in [2.05, 4.69) is 5.32 Å². The van der Waals surface area contributed by atoms with E-state index < -0.39 is 40.7 Å². The predicted molar refractivity (Wildman–Crippen MR) is 102 cm³/mol. The van der Waals surface area contributed by atoms with E-state index in [4.69, 9.17) is 15.6 Å². The van der Waals surface area contributed by atoms with Crippen LogP contribution in [0, 0.1) is 0 Å². The van der Waals surface area contributed by atoms with Gasteiger partial charge in [0.2, 0.25) is 11.8 Å². The molecule has 4 atom stereocenters. The van der Waals surface area contributed by atoms with Gasteiger partial charge in [-0.25, -0.2) is 4.79 Å². The van der Waals surface area contributed by atoms with Crippen LogP contribution in [0.25, 0.3) is 0 Å². The molecule has 28 heavy (non-hydrogen) atoms. The number of carbonyl (C=O) groups is 4. The number of nitrogens with one attached hydrogen (secondary N) is 1. The van der Waals surface area contributed by atoms with Crippen molar-refractivity contribution in [3.8, 4) is 0 Å². The van der Waals surface area contributed by atoms with Crippen molar-refractivity contribution in [2.45, 2.75) is 49.0 Å². The SMILES string of the molecule is CC(=O)O.CC1(C)S[C@@H]2[C@H](NC(=O)C(N)c3ccccc3)C(=O)N2[C@H]1C(=O)O. The number of nitrogens with zero attached hydrogens (tertiary/aromatic N) is 1. The minimum absolute atomic E-state index is 0.375. The molecule has 152 valence electrons. The summed E-state index contributed by atoms with van der Waals surface area (Å²) in [7, 11) is 0. The Balaban J connectivity index is 0.000000640. The van der Waals surface area contributed by atoms with Crippen LogP contribution in [0.1, 0.15) is 32.4 Å². The molecule has 0 bridgehead atoms. The van der Waals surface area contributed by atoms with Crippen molar-refractivity contribution in [1.82, 2.24) is 10.2 Å². The minimum Gasteiger partial charge on any atom is -0.481 e. The highest BCUT2D eigenvalue weighted by Crippen LogP contribution is 2.50. The van der Waals surface area contributed by atoms with Gasteiger partial charge in [-0.05, 0) is 19.4 Å². The number of carboxylic acids is 2. The van der Waals surface area contributed by atoms with Gasteiger partial charge in [0.15, 0.2) is 0 Å². The van der Waals surface area contributed by atoms with Crippen LogP contribution in [0.3, 0.4) is 0 Å². The Morgan fingerprint density at radius 3 is 2.25 bits per heavy atom. The number of rotatable bonds is 4. The zero-order valence-corrected chi connectivity index (χ0v) is 16.5. The van der Waals surface area contributed by atoms with Crippen LogP contribution >= 0.6 is 11.8 Å². The van der Waals surface area contributed by atoms with Crippen molar-refractivity contribution in [3.05, 3.63) is 35.9 Å². The fourth-order valence-electron chi connectivity index (χ4n) is 3.20. The largest absolute Gasteiger partial charge is 0.481 e. The highest BCUT2D eigenvalue weighted by molar-refractivity contribution is 8.01. The van der Waals surface area contributed by atoms with E-state index >= 15 is 0 Å². The molecular weight excluding hydrogens is 386 g/mol. The highest BCUT2D eigenvalue weighted by Gasteiger charge is 2.64. The smallest absolute Gasteiger partial charge is 0.327 e.